The fourth-order valence-corrected chi connectivity index (χ4v) is 5.15. The molecule has 2 saturated carbocycles. The average Bonchev–Trinajstić information content (AvgIpc) is 2.70. The molecule has 3 rings (SSSR count). The highest BCUT2D eigenvalue weighted by Crippen LogP contribution is 2.44. The van der Waals surface area contributed by atoms with Crippen molar-refractivity contribution in [2.45, 2.75) is 70.8 Å². The van der Waals surface area contributed by atoms with Gasteiger partial charge >= 0.3 is 0 Å². The Labute approximate surface area is 160 Å². The first kappa shape index (κ1) is 19.4. The molecule has 0 aromatic heterocycles. The summed E-state index contributed by atoms with van der Waals surface area (Å²) in [4.78, 5) is 0. The zero-order chi connectivity index (χ0) is 18.2. The van der Waals surface area contributed by atoms with E-state index >= 15 is 0 Å². The predicted octanol–water partition coefficient (Wildman–Crippen LogP) is 7.05. The van der Waals surface area contributed by atoms with Crippen LogP contribution in [0, 0.1) is 17.8 Å². The summed E-state index contributed by atoms with van der Waals surface area (Å²) in [6.45, 7) is 7.17. The van der Waals surface area contributed by atoms with Crippen molar-refractivity contribution in [3.63, 3.8) is 0 Å². The lowest BCUT2D eigenvalue weighted by atomic mass is 9.68. The molecule has 0 saturated heterocycles. The van der Waals surface area contributed by atoms with Crippen LogP contribution in [0.15, 0.2) is 49.1 Å². The molecule has 1 nitrogen and oxygen atoms in total. The summed E-state index contributed by atoms with van der Waals surface area (Å²) in [5, 5.41) is 0. The van der Waals surface area contributed by atoms with Gasteiger partial charge in [0.15, 0.2) is 0 Å². The van der Waals surface area contributed by atoms with Gasteiger partial charge in [-0.05, 0) is 93.1 Å². The molecule has 26 heavy (non-hydrogen) atoms. The smallest absolute Gasteiger partial charge is 0.0721 e. The Kier molecular flexibility index (Phi) is 7.55. The van der Waals surface area contributed by atoms with Crippen molar-refractivity contribution in [3.8, 4) is 0 Å². The van der Waals surface area contributed by atoms with Crippen LogP contribution in [0.4, 0.5) is 0 Å². The van der Waals surface area contributed by atoms with E-state index < -0.39 is 0 Å². The van der Waals surface area contributed by atoms with E-state index in [9.17, 15) is 0 Å². The highest BCUT2D eigenvalue weighted by atomic mass is 16.5. The molecule has 2 fully saturated rings. The van der Waals surface area contributed by atoms with Gasteiger partial charge in [0.1, 0.15) is 0 Å². The molecule has 0 heterocycles. The number of benzene rings is 1. The van der Waals surface area contributed by atoms with Crippen molar-refractivity contribution in [2.75, 3.05) is 6.61 Å². The van der Waals surface area contributed by atoms with Crippen LogP contribution < -0.4 is 0 Å². The summed E-state index contributed by atoms with van der Waals surface area (Å²) in [5.74, 6) is 3.63. The molecule has 2 aliphatic rings. The Morgan fingerprint density at radius 2 is 1.54 bits per heavy atom. The van der Waals surface area contributed by atoms with Crippen LogP contribution in [-0.4, -0.2) is 6.61 Å². The molecule has 0 radical (unpaired) electrons. The zero-order valence-corrected chi connectivity index (χ0v) is 16.5. The highest BCUT2D eigenvalue weighted by molar-refractivity contribution is 5.25. The number of rotatable bonds is 7. The molecule has 0 aliphatic heterocycles. The van der Waals surface area contributed by atoms with Gasteiger partial charge in [0, 0.05) is 0 Å². The molecule has 1 aromatic carbocycles. The number of ether oxygens (including phenoxy) is 1. The maximum Gasteiger partial charge on any atom is 0.0721 e. The van der Waals surface area contributed by atoms with Gasteiger partial charge in [0.2, 0.25) is 0 Å². The van der Waals surface area contributed by atoms with E-state index in [1.165, 1.54) is 62.5 Å². The normalized spacial score (nSPS) is 29.7. The number of hydrogen-bond acceptors (Lipinski definition) is 1. The second-order valence-corrected chi connectivity index (χ2v) is 8.36. The summed E-state index contributed by atoms with van der Waals surface area (Å²) >= 11 is 0. The summed E-state index contributed by atoms with van der Waals surface area (Å²) < 4.78 is 5.54. The standard InChI is InChI=1S/C25H36O/c1-3-5-20-6-10-22(11-7-20)24-14-16-25(17-15-24)23-12-8-21(9-13-23)19-26-18-4-2/h3-5,8-9,12-13,20,22,24-25H,2,6-7,10-11,14-19H2,1H3/b5-3-. The van der Waals surface area contributed by atoms with E-state index in [2.05, 4.69) is 49.9 Å². The van der Waals surface area contributed by atoms with Gasteiger partial charge in [-0.2, -0.15) is 0 Å². The zero-order valence-electron chi connectivity index (χ0n) is 16.5. The Morgan fingerprint density at radius 3 is 2.12 bits per heavy atom. The molecule has 2 aliphatic carbocycles. The van der Waals surface area contributed by atoms with Crippen LogP contribution in [0.3, 0.4) is 0 Å². The Balaban J connectivity index is 1.44. The molecule has 1 heteroatoms. The van der Waals surface area contributed by atoms with Gasteiger partial charge in [-0.15, -0.1) is 6.58 Å². The van der Waals surface area contributed by atoms with Gasteiger partial charge in [-0.1, -0.05) is 42.5 Å². The van der Waals surface area contributed by atoms with Crippen LogP contribution >= 0.6 is 0 Å². The lowest BCUT2D eigenvalue weighted by Crippen LogP contribution is -2.25. The lowest BCUT2D eigenvalue weighted by molar-refractivity contribution is 0.149. The number of hydrogen-bond donors (Lipinski definition) is 0. The van der Waals surface area contributed by atoms with Crippen molar-refractivity contribution >= 4 is 0 Å². The van der Waals surface area contributed by atoms with Crippen molar-refractivity contribution in [3.05, 3.63) is 60.2 Å². The first-order valence-corrected chi connectivity index (χ1v) is 10.7. The lowest BCUT2D eigenvalue weighted by Gasteiger charge is -2.37. The van der Waals surface area contributed by atoms with Gasteiger partial charge in [0.05, 0.1) is 13.2 Å². The topological polar surface area (TPSA) is 9.23 Å². The van der Waals surface area contributed by atoms with Crippen LogP contribution in [0.5, 0.6) is 0 Å². The maximum atomic E-state index is 5.54. The fourth-order valence-electron chi connectivity index (χ4n) is 5.15. The molecule has 142 valence electrons. The summed E-state index contributed by atoms with van der Waals surface area (Å²) in [7, 11) is 0. The molecular formula is C25H36O. The van der Waals surface area contributed by atoms with Crippen LogP contribution in [0.1, 0.15) is 75.3 Å². The monoisotopic (exact) mass is 352 g/mol. The van der Waals surface area contributed by atoms with E-state index in [0.717, 1.165) is 23.7 Å². The third-order valence-electron chi connectivity index (χ3n) is 6.68. The first-order valence-electron chi connectivity index (χ1n) is 10.7. The first-order chi connectivity index (χ1) is 12.8. The van der Waals surface area contributed by atoms with Crippen molar-refractivity contribution < 1.29 is 4.74 Å². The van der Waals surface area contributed by atoms with Crippen LogP contribution in [0.2, 0.25) is 0 Å². The van der Waals surface area contributed by atoms with Crippen LogP contribution in [-0.2, 0) is 11.3 Å². The average molecular weight is 353 g/mol. The molecule has 0 atom stereocenters. The largest absolute Gasteiger partial charge is 0.373 e. The maximum absolute atomic E-state index is 5.54. The molecular weight excluding hydrogens is 316 g/mol. The SMILES string of the molecule is C=CCOCc1ccc(C2CCC(C3CCC(/C=C\C)CC3)CC2)cc1. The Hall–Kier alpha value is -1.34. The fraction of sp³-hybridized carbons (Fsp3) is 0.600. The summed E-state index contributed by atoms with van der Waals surface area (Å²) in [6.07, 6.45) is 17.9. The minimum atomic E-state index is 0.627. The van der Waals surface area contributed by atoms with E-state index in [4.69, 9.17) is 4.74 Å². The predicted molar refractivity (Wildman–Crippen MR) is 111 cm³/mol. The molecule has 0 N–H and O–H groups in total. The minimum Gasteiger partial charge on any atom is -0.373 e. The van der Waals surface area contributed by atoms with Crippen LogP contribution in [0.25, 0.3) is 0 Å². The van der Waals surface area contributed by atoms with Crippen molar-refractivity contribution in [1.82, 2.24) is 0 Å². The van der Waals surface area contributed by atoms with Crippen molar-refractivity contribution in [1.29, 1.82) is 0 Å². The second-order valence-electron chi connectivity index (χ2n) is 8.36. The Morgan fingerprint density at radius 1 is 0.923 bits per heavy atom. The quantitative estimate of drug-likeness (QED) is 0.377. The van der Waals surface area contributed by atoms with E-state index in [0.29, 0.717) is 13.2 Å². The van der Waals surface area contributed by atoms with E-state index in [1.54, 1.807) is 6.08 Å². The van der Waals surface area contributed by atoms with Crippen molar-refractivity contribution in [2.24, 2.45) is 17.8 Å². The van der Waals surface area contributed by atoms with E-state index in [-0.39, 0.29) is 0 Å². The minimum absolute atomic E-state index is 0.627. The number of allylic oxidation sites excluding steroid dienone is 2. The van der Waals surface area contributed by atoms with E-state index in [1.807, 2.05) is 0 Å². The molecule has 0 amide bonds. The molecule has 0 unspecified atom stereocenters. The Bertz CT molecular complexity index is 554. The van der Waals surface area contributed by atoms with Gasteiger partial charge in [-0.3, -0.25) is 0 Å². The second kappa shape index (κ2) is 10.1. The van der Waals surface area contributed by atoms with Gasteiger partial charge in [-0.25, -0.2) is 0 Å². The molecule has 1 aromatic rings. The molecule has 0 bridgehead atoms. The molecule has 0 spiro atoms. The summed E-state index contributed by atoms with van der Waals surface area (Å²) in [5.41, 5.74) is 2.80. The highest BCUT2D eigenvalue weighted by Gasteiger charge is 2.30. The van der Waals surface area contributed by atoms with Gasteiger partial charge < -0.3 is 4.74 Å². The third kappa shape index (κ3) is 5.33. The van der Waals surface area contributed by atoms with Gasteiger partial charge in [0.25, 0.3) is 0 Å². The third-order valence-corrected chi connectivity index (χ3v) is 6.68. The summed E-state index contributed by atoms with van der Waals surface area (Å²) in [6, 6.07) is 9.15.